The summed E-state index contributed by atoms with van der Waals surface area (Å²) in [6, 6.07) is 0. The Labute approximate surface area is 100 Å². The number of ether oxygens (including phenoxy) is 1. The van der Waals surface area contributed by atoms with E-state index in [0.29, 0.717) is 0 Å². The zero-order valence-corrected chi connectivity index (χ0v) is 9.72. The smallest absolute Gasteiger partial charge is 0.443 e. The summed E-state index contributed by atoms with van der Waals surface area (Å²) in [5.41, 5.74) is 4.70. The number of rotatable bonds is 0. The molecule has 1 aliphatic rings. The van der Waals surface area contributed by atoms with Gasteiger partial charge in [-0.15, -0.1) is 0 Å². The van der Waals surface area contributed by atoms with Crippen molar-refractivity contribution < 1.29 is 28.4 Å². The van der Waals surface area contributed by atoms with Crippen LogP contribution in [0.4, 0.5) is 4.79 Å². The van der Waals surface area contributed by atoms with Crippen molar-refractivity contribution in [2.45, 2.75) is 31.9 Å². The summed E-state index contributed by atoms with van der Waals surface area (Å²) >= 11 is 1.26. The number of amides is 1. The van der Waals surface area contributed by atoms with Crippen LogP contribution in [0.5, 0.6) is 0 Å². The van der Waals surface area contributed by atoms with Gasteiger partial charge in [-0.2, -0.15) is 6.20 Å². The van der Waals surface area contributed by atoms with Crippen LogP contribution >= 0.6 is 11.8 Å². The fourth-order valence-electron chi connectivity index (χ4n) is 0.758. The summed E-state index contributed by atoms with van der Waals surface area (Å²) in [5, 5.41) is 2.78. The molecule has 4 nitrogen and oxygen atoms in total. The molecule has 0 aromatic rings. The number of carbonyl (C=O) groups is 1. The molecule has 1 atom stereocenters. The summed E-state index contributed by atoms with van der Waals surface area (Å²) in [6.45, 7) is 5.44. The third-order valence-electron chi connectivity index (χ3n) is 1.26. The van der Waals surface area contributed by atoms with E-state index < -0.39 is 17.2 Å². The Morgan fingerprint density at radius 2 is 2.21 bits per heavy atom. The van der Waals surface area contributed by atoms with Gasteiger partial charge in [-0.25, -0.2) is 4.79 Å². The molecule has 14 heavy (non-hydrogen) atoms. The Morgan fingerprint density at radius 3 is 2.57 bits per heavy atom. The number of thioether (sulfide) groups is 1. The zero-order valence-electron chi connectivity index (χ0n) is 8.90. The standard InChI is InChI=1S/C8H13N2O2S.Li/c1-8(2,3)12-7(11)10-4-5-13-6(10)9;/h4,6H,9H2,1-3H3;/q-1;+1. The molecule has 74 valence electrons. The summed E-state index contributed by atoms with van der Waals surface area (Å²) in [6.07, 6.45) is 1.07. The first-order valence-corrected chi connectivity index (χ1v) is 4.79. The molecule has 0 aromatic heterocycles. The van der Waals surface area contributed by atoms with Crippen LogP contribution in [0.2, 0.25) is 0 Å². The van der Waals surface area contributed by atoms with Gasteiger partial charge in [0.05, 0.1) is 0 Å². The molecular formula is C8H13LiN2O2S. The molecule has 0 spiro atoms. The molecule has 1 rings (SSSR count). The number of nitrogens with two attached hydrogens (primary N) is 1. The van der Waals surface area contributed by atoms with Crippen LogP contribution in [0.15, 0.2) is 6.20 Å². The molecule has 0 bridgehead atoms. The minimum Gasteiger partial charge on any atom is -0.443 e. The van der Waals surface area contributed by atoms with Gasteiger partial charge in [-0.3, -0.25) is 4.90 Å². The maximum absolute atomic E-state index is 11.4. The molecule has 1 heterocycles. The largest absolute Gasteiger partial charge is 1.00 e. The van der Waals surface area contributed by atoms with Gasteiger partial charge in [0.2, 0.25) is 0 Å². The van der Waals surface area contributed by atoms with E-state index in [1.54, 1.807) is 0 Å². The van der Waals surface area contributed by atoms with Crippen LogP contribution in [0.1, 0.15) is 20.8 Å². The van der Waals surface area contributed by atoms with Crippen molar-refractivity contribution in [3.8, 4) is 0 Å². The van der Waals surface area contributed by atoms with Crippen molar-refractivity contribution in [1.82, 2.24) is 4.90 Å². The predicted molar refractivity (Wildman–Crippen MR) is 51.5 cm³/mol. The van der Waals surface area contributed by atoms with E-state index >= 15 is 0 Å². The Bertz CT molecular complexity index is 240. The molecule has 0 radical (unpaired) electrons. The zero-order chi connectivity index (χ0) is 10.1. The molecule has 1 unspecified atom stereocenters. The Morgan fingerprint density at radius 1 is 1.64 bits per heavy atom. The van der Waals surface area contributed by atoms with E-state index in [9.17, 15) is 4.79 Å². The van der Waals surface area contributed by atoms with Gasteiger partial charge in [-0.05, 0) is 20.8 Å². The second kappa shape index (κ2) is 5.13. The average Bonchev–Trinajstić information content (AvgIpc) is 2.30. The van der Waals surface area contributed by atoms with E-state index in [0.717, 1.165) is 0 Å². The topological polar surface area (TPSA) is 55.6 Å². The average molecular weight is 208 g/mol. The summed E-state index contributed by atoms with van der Waals surface area (Å²) in [5.74, 6) is 0. The molecule has 0 aromatic carbocycles. The molecule has 6 heteroatoms. The normalized spacial score (nSPS) is 20.6. The van der Waals surface area contributed by atoms with E-state index in [2.05, 4.69) is 5.41 Å². The number of hydrogen-bond donors (Lipinski definition) is 1. The maximum Gasteiger partial charge on any atom is 1.00 e. The fraction of sp³-hybridized carbons (Fsp3) is 0.625. The van der Waals surface area contributed by atoms with Gasteiger partial charge in [0.15, 0.2) is 0 Å². The quantitative estimate of drug-likeness (QED) is 0.388. The Kier molecular flexibility index (Phi) is 5.10. The van der Waals surface area contributed by atoms with Crippen LogP contribution in [0, 0.1) is 5.41 Å². The van der Waals surface area contributed by atoms with E-state index in [-0.39, 0.29) is 18.9 Å². The molecular weight excluding hydrogens is 195 g/mol. The Balaban J connectivity index is 0.00000169. The minimum absolute atomic E-state index is 0. The van der Waals surface area contributed by atoms with Crippen LogP contribution in [-0.2, 0) is 4.74 Å². The summed E-state index contributed by atoms with van der Waals surface area (Å²) in [7, 11) is 0. The first-order valence-electron chi connectivity index (χ1n) is 3.91. The molecule has 1 amide bonds. The monoisotopic (exact) mass is 208 g/mol. The van der Waals surface area contributed by atoms with Gasteiger partial charge in [0, 0.05) is 0 Å². The first-order chi connectivity index (χ1) is 5.90. The molecule has 2 N–H and O–H groups in total. The predicted octanol–water partition coefficient (Wildman–Crippen LogP) is -1.51. The van der Waals surface area contributed by atoms with Gasteiger partial charge in [0.1, 0.15) is 11.1 Å². The van der Waals surface area contributed by atoms with Crippen LogP contribution in [0.25, 0.3) is 0 Å². The molecule has 0 saturated carbocycles. The van der Waals surface area contributed by atoms with Crippen molar-refractivity contribution >= 4 is 17.9 Å². The molecule has 0 aliphatic carbocycles. The van der Waals surface area contributed by atoms with E-state index in [1.165, 1.54) is 22.9 Å². The summed E-state index contributed by atoms with van der Waals surface area (Å²) in [4.78, 5) is 12.7. The van der Waals surface area contributed by atoms with Crippen molar-refractivity contribution in [2.24, 2.45) is 5.73 Å². The van der Waals surface area contributed by atoms with Gasteiger partial charge >= 0.3 is 25.0 Å². The number of carbonyl (C=O) groups excluding carboxylic acids is 1. The Hall–Kier alpha value is -0.0826. The van der Waals surface area contributed by atoms with Gasteiger partial charge in [-0.1, -0.05) is 0 Å². The minimum atomic E-state index is -0.488. The van der Waals surface area contributed by atoms with Crippen molar-refractivity contribution in [1.29, 1.82) is 0 Å². The molecule has 1 aliphatic heterocycles. The van der Waals surface area contributed by atoms with E-state index in [4.69, 9.17) is 10.5 Å². The van der Waals surface area contributed by atoms with Gasteiger partial charge < -0.3 is 27.6 Å². The first kappa shape index (κ1) is 13.9. The van der Waals surface area contributed by atoms with Crippen LogP contribution < -0.4 is 24.6 Å². The molecule has 0 saturated heterocycles. The van der Waals surface area contributed by atoms with Crippen molar-refractivity contribution in [3.63, 3.8) is 0 Å². The SMILES string of the molecule is CC(C)(C)OC(=O)N1C=[C-]SC1N.[Li+]. The van der Waals surface area contributed by atoms with E-state index in [1.807, 2.05) is 20.8 Å². The second-order valence-corrected chi connectivity index (χ2v) is 4.60. The van der Waals surface area contributed by atoms with Crippen molar-refractivity contribution in [3.05, 3.63) is 11.6 Å². The van der Waals surface area contributed by atoms with Crippen LogP contribution in [0.3, 0.4) is 0 Å². The number of nitrogens with zero attached hydrogens (tertiary/aromatic N) is 1. The van der Waals surface area contributed by atoms with Crippen molar-refractivity contribution in [2.75, 3.05) is 0 Å². The van der Waals surface area contributed by atoms with Gasteiger partial charge in [0.25, 0.3) is 0 Å². The number of hydrogen-bond acceptors (Lipinski definition) is 4. The third kappa shape index (κ3) is 3.97. The maximum atomic E-state index is 11.4. The fourth-order valence-corrected chi connectivity index (χ4v) is 1.33. The second-order valence-electron chi connectivity index (χ2n) is 3.64. The molecule has 0 fully saturated rings. The summed E-state index contributed by atoms with van der Waals surface area (Å²) < 4.78 is 5.11. The van der Waals surface area contributed by atoms with Crippen LogP contribution in [-0.4, -0.2) is 22.1 Å². The third-order valence-corrected chi connectivity index (χ3v) is 1.97.